The van der Waals surface area contributed by atoms with Gasteiger partial charge in [-0.2, -0.15) is 0 Å². The van der Waals surface area contributed by atoms with Gasteiger partial charge in [-0.1, -0.05) is 50.2 Å². The minimum Gasteiger partial charge on any atom is -0.494 e. The fourth-order valence-corrected chi connectivity index (χ4v) is 3.47. The summed E-state index contributed by atoms with van der Waals surface area (Å²) < 4.78 is 25.1. The van der Waals surface area contributed by atoms with Crippen LogP contribution in [0.15, 0.2) is 72.8 Å². The number of hydrogen-bond acceptors (Lipinski definition) is 2. The molecule has 152 valence electrons. The topological polar surface area (TPSA) is 18.5 Å². The Labute approximate surface area is 173 Å². The van der Waals surface area contributed by atoms with E-state index in [1.165, 1.54) is 17.2 Å². The zero-order valence-corrected chi connectivity index (χ0v) is 17.5. The van der Waals surface area contributed by atoms with Gasteiger partial charge in [0.15, 0.2) is 11.6 Å². The molecule has 0 fully saturated rings. The third-order valence-electron chi connectivity index (χ3n) is 5.18. The fourth-order valence-electron chi connectivity index (χ4n) is 3.47. The van der Waals surface area contributed by atoms with Crippen molar-refractivity contribution in [1.29, 1.82) is 0 Å². The summed E-state index contributed by atoms with van der Waals surface area (Å²) in [6, 6.07) is 22.8. The predicted molar refractivity (Wildman–Crippen MR) is 116 cm³/mol. The molecule has 0 spiro atoms. The molecule has 0 aliphatic heterocycles. The van der Waals surface area contributed by atoms with Crippen LogP contribution in [0, 0.1) is 5.82 Å². The van der Waals surface area contributed by atoms with E-state index in [-0.39, 0.29) is 17.0 Å². The highest BCUT2D eigenvalue weighted by Gasteiger charge is 2.20. The van der Waals surface area contributed by atoms with Crippen molar-refractivity contribution in [1.82, 2.24) is 0 Å². The van der Waals surface area contributed by atoms with E-state index < -0.39 is 0 Å². The predicted octanol–water partition coefficient (Wildman–Crippen LogP) is 7.32. The molecule has 0 aliphatic rings. The van der Waals surface area contributed by atoms with Crippen molar-refractivity contribution in [2.24, 2.45) is 0 Å². The maximum atomic E-state index is 13.8. The van der Waals surface area contributed by atoms with E-state index in [1.807, 2.05) is 37.3 Å². The third-order valence-corrected chi connectivity index (χ3v) is 5.18. The minimum atomic E-state index is -0.352. The molecule has 3 heteroatoms. The van der Waals surface area contributed by atoms with Crippen molar-refractivity contribution in [3.8, 4) is 17.2 Å². The van der Waals surface area contributed by atoms with Crippen molar-refractivity contribution in [2.45, 2.75) is 45.4 Å². The number of ether oxygens (including phenoxy) is 2. The van der Waals surface area contributed by atoms with Crippen LogP contribution < -0.4 is 9.47 Å². The highest BCUT2D eigenvalue weighted by molar-refractivity contribution is 5.35. The molecule has 0 unspecified atom stereocenters. The van der Waals surface area contributed by atoms with Gasteiger partial charge in [-0.25, -0.2) is 4.39 Å². The quantitative estimate of drug-likeness (QED) is 0.380. The van der Waals surface area contributed by atoms with Crippen LogP contribution in [0.2, 0.25) is 0 Å². The fraction of sp³-hybridized carbons (Fsp3) is 0.308. The Morgan fingerprint density at radius 2 is 1.62 bits per heavy atom. The number of rotatable bonds is 9. The van der Waals surface area contributed by atoms with Crippen LogP contribution in [0.3, 0.4) is 0 Å². The van der Waals surface area contributed by atoms with Gasteiger partial charge in [0.25, 0.3) is 0 Å². The molecule has 0 saturated heterocycles. The molecule has 3 aromatic carbocycles. The lowest BCUT2D eigenvalue weighted by Crippen LogP contribution is -2.17. The van der Waals surface area contributed by atoms with Gasteiger partial charge in [0.05, 0.1) is 6.61 Å². The van der Waals surface area contributed by atoms with Crippen LogP contribution in [-0.4, -0.2) is 6.61 Å². The first-order chi connectivity index (χ1) is 14.0. The number of hydrogen-bond donors (Lipinski definition) is 0. The van der Waals surface area contributed by atoms with Crippen LogP contribution in [0.5, 0.6) is 17.2 Å². The first-order valence-electron chi connectivity index (χ1n) is 10.2. The zero-order valence-electron chi connectivity index (χ0n) is 17.5. The molecule has 0 saturated carbocycles. The Balaban J connectivity index is 1.57. The third kappa shape index (κ3) is 5.83. The van der Waals surface area contributed by atoms with Crippen molar-refractivity contribution in [3.05, 3.63) is 89.7 Å². The lowest BCUT2D eigenvalue weighted by atomic mass is 9.80. The molecule has 3 rings (SSSR count). The normalized spacial score (nSPS) is 11.3. The van der Waals surface area contributed by atoms with E-state index >= 15 is 0 Å². The van der Waals surface area contributed by atoms with Crippen molar-refractivity contribution in [2.75, 3.05) is 6.61 Å². The number of halogens is 1. The molecule has 0 heterocycles. The van der Waals surface area contributed by atoms with Crippen molar-refractivity contribution in [3.63, 3.8) is 0 Å². The minimum absolute atomic E-state index is 0.0893. The molecule has 2 nitrogen and oxygen atoms in total. The summed E-state index contributed by atoms with van der Waals surface area (Å²) in [6.07, 6.45) is 3.08. The van der Waals surface area contributed by atoms with E-state index in [4.69, 9.17) is 9.47 Å². The number of benzene rings is 3. The van der Waals surface area contributed by atoms with Crippen LogP contribution in [0.4, 0.5) is 4.39 Å². The Bertz CT molecular complexity index is 916. The molecule has 0 N–H and O–H groups in total. The molecule has 0 aliphatic carbocycles. The molecule has 0 amide bonds. The summed E-state index contributed by atoms with van der Waals surface area (Å²) in [5.41, 5.74) is 2.60. The Morgan fingerprint density at radius 3 is 2.34 bits per heavy atom. The van der Waals surface area contributed by atoms with Crippen LogP contribution in [0.25, 0.3) is 0 Å². The average Bonchev–Trinajstić information content (AvgIpc) is 2.71. The van der Waals surface area contributed by atoms with Crippen LogP contribution >= 0.6 is 0 Å². The Hall–Kier alpha value is -2.81. The smallest absolute Gasteiger partial charge is 0.165 e. The molecular formula is C26H29FO2. The van der Waals surface area contributed by atoms with E-state index in [0.717, 1.165) is 25.0 Å². The molecule has 0 aromatic heterocycles. The van der Waals surface area contributed by atoms with Gasteiger partial charge in [-0.05, 0) is 79.1 Å². The van der Waals surface area contributed by atoms with Crippen LogP contribution in [0.1, 0.15) is 44.7 Å². The highest BCUT2D eigenvalue weighted by Crippen LogP contribution is 2.31. The first-order valence-corrected chi connectivity index (χ1v) is 10.2. The van der Waals surface area contributed by atoms with E-state index in [0.29, 0.717) is 12.4 Å². The highest BCUT2D eigenvalue weighted by atomic mass is 19.1. The molecule has 0 atom stereocenters. The maximum absolute atomic E-state index is 13.8. The summed E-state index contributed by atoms with van der Waals surface area (Å²) in [5, 5.41) is 0. The molecule has 3 aromatic rings. The molecular weight excluding hydrogens is 363 g/mol. The summed E-state index contributed by atoms with van der Waals surface area (Å²) in [7, 11) is 0. The second-order valence-corrected chi connectivity index (χ2v) is 7.87. The monoisotopic (exact) mass is 392 g/mol. The molecule has 29 heavy (non-hydrogen) atoms. The van der Waals surface area contributed by atoms with E-state index in [1.54, 1.807) is 18.2 Å². The summed E-state index contributed by atoms with van der Waals surface area (Å²) >= 11 is 0. The lowest BCUT2D eigenvalue weighted by Gasteiger charge is -2.25. The van der Waals surface area contributed by atoms with Gasteiger partial charge in [0.1, 0.15) is 11.5 Å². The van der Waals surface area contributed by atoms with Gasteiger partial charge in [-0.3, -0.25) is 0 Å². The van der Waals surface area contributed by atoms with Gasteiger partial charge >= 0.3 is 0 Å². The molecule has 0 radical (unpaired) electrons. The Morgan fingerprint density at radius 1 is 0.862 bits per heavy atom. The largest absolute Gasteiger partial charge is 0.494 e. The SMILES string of the molecule is CCOc1ccc(C(C)(C)CCCc2cccc(Oc3ccccc3F)c2)cc1. The van der Waals surface area contributed by atoms with Crippen molar-refractivity contribution < 1.29 is 13.9 Å². The first kappa shape index (κ1) is 20.9. The van der Waals surface area contributed by atoms with Gasteiger partial charge in [0.2, 0.25) is 0 Å². The zero-order chi connectivity index (χ0) is 20.7. The summed E-state index contributed by atoms with van der Waals surface area (Å²) in [4.78, 5) is 0. The van der Waals surface area contributed by atoms with Gasteiger partial charge < -0.3 is 9.47 Å². The summed E-state index contributed by atoms with van der Waals surface area (Å²) in [5.74, 6) is 1.48. The average molecular weight is 393 g/mol. The standard InChI is InChI=1S/C26H29FO2/c1-4-28-22-16-14-21(15-17-22)26(2,3)18-8-10-20-9-7-11-23(19-20)29-25-13-6-5-12-24(25)27/h5-7,9,11-17,19H,4,8,10,18H2,1-3H3. The second kappa shape index (κ2) is 9.60. The van der Waals surface area contributed by atoms with E-state index in [2.05, 4.69) is 32.0 Å². The second-order valence-electron chi connectivity index (χ2n) is 7.87. The number of aryl methyl sites for hydroxylation is 1. The molecule has 0 bridgehead atoms. The van der Waals surface area contributed by atoms with Gasteiger partial charge in [0, 0.05) is 0 Å². The number of para-hydroxylation sites is 1. The Kier molecular flexibility index (Phi) is 6.92. The van der Waals surface area contributed by atoms with Crippen molar-refractivity contribution >= 4 is 0 Å². The summed E-state index contributed by atoms with van der Waals surface area (Å²) in [6.45, 7) is 7.23. The van der Waals surface area contributed by atoms with E-state index in [9.17, 15) is 4.39 Å². The van der Waals surface area contributed by atoms with Crippen LogP contribution in [-0.2, 0) is 11.8 Å². The van der Waals surface area contributed by atoms with Gasteiger partial charge in [-0.15, -0.1) is 0 Å². The maximum Gasteiger partial charge on any atom is 0.165 e. The lowest BCUT2D eigenvalue weighted by molar-refractivity contribution is 0.339.